The predicted molar refractivity (Wildman–Crippen MR) is 126 cm³/mol. The fourth-order valence-corrected chi connectivity index (χ4v) is 5.81. The molecule has 1 N–H and O–H groups in total. The molecule has 2 aromatic carbocycles. The maximum Gasteiger partial charge on any atom is 0.265 e. The molecule has 7 nitrogen and oxygen atoms in total. The fraction of sp³-hybridized carbons (Fsp3) is 0.304. The van der Waals surface area contributed by atoms with Crippen molar-refractivity contribution in [3.05, 3.63) is 70.4 Å². The summed E-state index contributed by atoms with van der Waals surface area (Å²) in [7, 11) is -3.94. The van der Waals surface area contributed by atoms with Gasteiger partial charge in [0, 0.05) is 18.2 Å². The molecular formula is C23H25ClN4O3S. The Morgan fingerprint density at radius 3 is 2.56 bits per heavy atom. The van der Waals surface area contributed by atoms with Crippen molar-refractivity contribution in [1.29, 1.82) is 0 Å². The lowest BCUT2D eigenvalue weighted by atomic mass is 10.1. The number of benzene rings is 2. The van der Waals surface area contributed by atoms with Crippen molar-refractivity contribution < 1.29 is 13.2 Å². The van der Waals surface area contributed by atoms with Crippen LogP contribution in [0.15, 0.2) is 53.4 Å². The van der Waals surface area contributed by atoms with Crippen LogP contribution in [0.4, 0.5) is 11.5 Å². The van der Waals surface area contributed by atoms with E-state index in [1.165, 1.54) is 22.5 Å². The Morgan fingerprint density at radius 1 is 1.12 bits per heavy atom. The second kappa shape index (κ2) is 7.94. The zero-order valence-electron chi connectivity index (χ0n) is 18.4. The lowest BCUT2D eigenvalue weighted by Gasteiger charge is -2.22. The van der Waals surface area contributed by atoms with Gasteiger partial charge >= 0.3 is 0 Å². The van der Waals surface area contributed by atoms with Crippen LogP contribution in [-0.4, -0.2) is 30.7 Å². The van der Waals surface area contributed by atoms with Gasteiger partial charge in [0.2, 0.25) is 0 Å². The van der Waals surface area contributed by atoms with Crippen molar-refractivity contribution in [1.82, 2.24) is 9.78 Å². The van der Waals surface area contributed by atoms with Crippen LogP contribution < -0.4 is 9.62 Å². The van der Waals surface area contributed by atoms with Gasteiger partial charge in [0.05, 0.1) is 21.9 Å². The highest BCUT2D eigenvalue weighted by Crippen LogP contribution is 2.35. The van der Waals surface area contributed by atoms with Crippen molar-refractivity contribution in [2.24, 2.45) is 0 Å². The number of aryl methyl sites for hydroxylation is 1. The highest BCUT2D eigenvalue weighted by Gasteiger charge is 2.32. The molecule has 1 aromatic heterocycles. The third-order valence-corrected chi connectivity index (χ3v) is 7.61. The highest BCUT2D eigenvalue weighted by molar-refractivity contribution is 7.93. The van der Waals surface area contributed by atoms with E-state index >= 15 is 0 Å². The number of hydrogen-bond donors (Lipinski definition) is 1. The summed E-state index contributed by atoms with van der Waals surface area (Å²) >= 11 is 6.29. The molecule has 0 radical (unpaired) electrons. The molecule has 0 aliphatic carbocycles. The van der Waals surface area contributed by atoms with Crippen LogP contribution >= 0.6 is 11.6 Å². The number of hydrogen-bond acceptors (Lipinski definition) is 4. The number of rotatable bonds is 4. The van der Waals surface area contributed by atoms with E-state index in [9.17, 15) is 13.2 Å². The Labute approximate surface area is 193 Å². The van der Waals surface area contributed by atoms with E-state index in [2.05, 4.69) is 10.4 Å². The Balaban J connectivity index is 1.68. The van der Waals surface area contributed by atoms with Gasteiger partial charge in [-0.3, -0.25) is 9.10 Å². The first-order valence-corrected chi connectivity index (χ1v) is 12.1. The molecule has 2 heterocycles. The Hall–Kier alpha value is -2.84. The number of sulfonamides is 1. The van der Waals surface area contributed by atoms with Crippen LogP contribution in [-0.2, 0) is 22.0 Å². The van der Waals surface area contributed by atoms with Gasteiger partial charge in [0.15, 0.2) is 0 Å². The Morgan fingerprint density at radius 2 is 1.84 bits per heavy atom. The lowest BCUT2D eigenvalue weighted by Crippen LogP contribution is -2.30. The fourth-order valence-electron chi connectivity index (χ4n) is 3.81. The normalized spacial score (nSPS) is 13.8. The Bertz CT molecular complexity index is 1310. The van der Waals surface area contributed by atoms with Crippen LogP contribution in [0, 0.1) is 6.92 Å². The molecule has 0 saturated heterocycles. The third-order valence-electron chi connectivity index (χ3n) is 5.31. The van der Waals surface area contributed by atoms with Gasteiger partial charge in [-0.1, -0.05) is 29.8 Å². The molecular weight excluding hydrogens is 448 g/mol. The van der Waals surface area contributed by atoms with E-state index in [0.29, 0.717) is 24.5 Å². The number of amides is 1. The van der Waals surface area contributed by atoms with E-state index in [0.717, 1.165) is 11.3 Å². The molecule has 168 valence electrons. The average molecular weight is 473 g/mol. The summed E-state index contributed by atoms with van der Waals surface area (Å²) in [6.07, 6.45) is 0.628. The number of nitrogens with zero attached hydrogens (tertiary/aromatic N) is 3. The van der Waals surface area contributed by atoms with Gasteiger partial charge < -0.3 is 5.32 Å². The summed E-state index contributed by atoms with van der Waals surface area (Å²) in [5.41, 5.74) is 2.23. The third kappa shape index (κ3) is 4.00. The zero-order valence-corrected chi connectivity index (χ0v) is 20.0. The smallest absolute Gasteiger partial charge is 0.265 e. The summed E-state index contributed by atoms with van der Waals surface area (Å²) in [6.45, 7) is 8.12. The largest absolute Gasteiger partial charge is 0.307 e. The molecule has 1 amide bonds. The first-order valence-electron chi connectivity index (χ1n) is 10.3. The van der Waals surface area contributed by atoms with E-state index in [-0.39, 0.29) is 21.0 Å². The van der Waals surface area contributed by atoms with E-state index < -0.39 is 15.9 Å². The first kappa shape index (κ1) is 22.4. The summed E-state index contributed by atoms with van der Waals surface area (Å²) in [5.74, 6) is 0.0955. The second-order valence-electron chi connectivity index (χ2n) is 8.81. The number of fused-ring (bicyclic) bond motifs is 1. The van der Waals surface area contributed by atoms with Gasteiger partial charge in [-0.05, 0) is 63.9 Å². The molecule has 3 aromatic rings. The Kier molecular flexibility index (Phi) is 5.55. The van der Waals surface area contributed by atoms with Gasteiger partial charge in [-0.15, -0.1) is 0 Å². The minimum absolute atomic E-state index is 0.0708. The number of carbonyl (C=O) groups excluding carboxylic acids is 1. The van der Waals surface area contributed by atoms with Crippen molar-refractivity contribution in [3.63, 3.8) is 0 Å². The van der Waals surface area contributed by atoms with Gasteiger partial charge in [-0.2, -0.15) is 5.10 Å². The summed E-state index contributed by atoms with van der Waals surface area (Å²) in [6, 6.07) is 13.4. The molecule has 1 aliphatic rings. The quantitative estimate of drug-likeness (QED) is 0.601. The maximum absolute atomic E-state index is 13.4. The van der Waals surface area contributed by atoms with Crippen LogP contribution in [0.2, 0.25) is 5.02 Å². The monoisotopic (exact) mass is 472 g/mol. The molecule has 32 heavy (non-hydrogen) atoms. The van der Waals surface area contributed by atoms with Crippen molar-refractivity contribution in [2.45, 2.75) is 44.6 Å². The molecule has 0 bridgehead atoms. The van der Waals surface area contributed by atoms with E-state index in [4.69, 9.17) is 11.6 Å². The first-order chi connectivity index (χ1) is 15.0. The molecule has 9 heteroatoms. The summed E-state index contributed by atoms with van der Waals surface area (Å²) < 4.78 is 30.0. The van der Waals surface area contributed by atoms with Crippen LogP contribution in [0.1, 0.15) is 42.4 Å². The van der Waals surface area contributed by atoms with E-state index in [1.54, 1.807) is 22.9 Å². The van der Waals surface area contributed by atoms with Crippen LogP contribution in [0.3, 0.4) is 0 Å². The molecule has 0 spiro atoms. The number of anilines is 2. The molecule has 0 unspecified atom stereocenters. The highest BCUT2D eigenvalue weighted by atomic mass is 35.5. The summed E-state index contributed by atoms with van der Waals surface area (Å²) in [5, 5.41) is 7.37. The van der Waals surface area contributed by atoms with Crippen molar-refractivity contribution in [3.8, 4) is 0 Å². The minimum atomic E-state index is -3.94. The molecule has 4 rings (SSSR count). The second-order valence-corrected chi connectivity index (χ2v) is 11.0. The van der Waals surface area contributed by atoms with Gasteiger partial charge in [0.25, 0.3) is 15.9 Å². The standard InChI is InChI=1S/C23H25ClN4O3S/c1-15-13-21(28(26-15)23(2,3)4)25-22(29)17-9-10-18(24)20(14-17)32(30,31)27-12-11-16-7-5-6-8-19(16)27/h5-10,13-14H,11-12H2,1-4H3,(H,25,29). The molecule has 0 saturated carbocycles. The number of carbonyl (C=O) groups is 1. The van der Waals surface area contributed by atoms with Crippen LogP contribution in [0.5, 0.6) is 0 Å². The van der Waals surface area contributed by atoms with E-state index in [1.807, 2.05) is 39.8 Å². The number of nitrogens with one attached hydrogen (secondary N) is 1. The number of para-hydroxylation sites is 1. The predicted octanol–water partition coefficient (Wildman–Crippen LogP) is 4.60. The molecule has 0 fully saturated rings. The summed E-state index contributed by atoms with van der Waals surface area (Å²) in [4.78, 5) is 12.9. The van der Waals surface area contributed by atoms with Gasteiger partial charge in [0.1, 0.15) is 10.7 Å². The molecule has 0 atom stereocenters. The molecule has 1 aliphatic heterocycles. The lowest BCUT2D eigenvalue weighted by molar-refractivity contribution is 0.102. The zero-order chi connectivity index (χ0) is 23.3. The minimum Gasteiger partial charge on any atom is -0.307 e. The van der Waals surface area contributed by atoms with Crippen molar-refractivity contribution >= 4 is 39.0 Å². The number of halogens is 1. The topological polar surface area (TPSA) is 84.3 Å². The van der Waals surface area contributed by atoms with Crippen molar-refractivity contribution in [2.75, 3.05) is 16.2 Å². The van der Waals surface area contributed by atoms with Crippen LogP contribution in [0.25, 0.3) is 0 Å². The SMILES string of the molecule is Cc1cc(NC(=O)c2ccc(Cl)c(S(=O)(=O)N3CCc4ccccc43)c2)n(C(C)(C)C)n1. The van der Waals surface area contributed by atoms with Gasteiger partial charge in [-0.25, -0.2) is 13.1 Å². The number of aromatic nitrogens is 2. The average Bonchev–Trinajstić information content (AvgIpc) is 3.31. The maximum atomic E-state index is 13.4.